The minimum absolute atomic E-state index is 0.0583. The fourth-order valence-corrected chi connectivity index (χ4v) is 1.44. The molecule has 0 radical (unpaired) electrons. The summed E-state index contributed by atoms with van der Waals surface area (Å²) < 4.78 is 10.6. The predicted octanol–water partition coefficient (Wildman–Crippen LogP) is 0.537. The molecule has 1 aromatic carbocycles. The van der Waals surface area contributed by atoms with Crippen molar-refractivity contribution in [3.63, 3.8) is 0 Å². The summed E-state index contributed by atoms with van der Waals surface area (Å²) in [5.74, 6) is 1.35. The zero-order chi connectivity index (χ0) is 13.4. The van der Waals surface area contributed by atoms with E-state index in [9.17, 15) is 5.11 Å². The molecule has 0 spiro atoms. The third-order valence-electron chi connectivity index (χ3n) is 2.48. The van der Waals surface area contributed by atoms with E-state index in [1.165, 1.54) is 0 Å². The van der Waals surface area contributed by atoms with Gasteiger partial charge >= 0.3 is 0 Å². The van der Waals surface area contributed by atoms with Crippen molar-refractivity contribution in [1.29, 1.82) is 0 Å². The summed E-state index contributed by atoms with van der Waals surface area (Å²) in [7, 11) is 1.59. The molecule has 0 amide bonds. The zero-order valence-electron chi connectivity index (χ0n) is 10.8. The maximum atomic E-state index is 9.29. The van der Waals surface area contributed by atoms with Gasteiger partial charge in [0.05, 0.1) is 13.7 Å². The number of methoxy groups -OCH3 is 1. The Morgan fingerprint density at radius 3 is 2.78 bits per heavy atom. The standard InChI is InChI=1S/C13H21NO4/c1-3-14-7-10-4-5-12(17-2)6-13(10)18-9-11(16)8-15/h4-6,11,14-16H,3,7-9H2,1-2H3. The van der Waals surface area contributed by atoms with E-state index >= 15 is 0 Å². The zero-order valence-corrected chi connectivity index (χ0v) is 10.8. The second-order valence-electron chi connectivity index (χ2n) is 3.90. The van der Waals surface area contributed by atoms with Crippen LogP contribution in [0.15, 0.2) is 18.2 Å². The molecule has 5 nitrogen and oxygen atoms in total. The maximum Gasteiger partial charge on any atom is 0.127 e. The first-order valence-corrected chi connectivity index (χ1v) is 6.00. The number of ether oxygens (including phenoxy) is 2. The number of hydrogen-bond acceptors (Lipinski definition) is 5. The third kappa shape index (κ3) is 4.52. The van der Waals surface area contributed by atoms with Crippen molar-refractivity contribution in [2.24, 2.45) is 0 Å². The summed E-state index contributed by atoms with van der Waals surface area (Å²) in [6.45, 7) is 3.32. The molecule has 1 unspecified atom stereocenters. The Morgan fingerprint density at radius 1 is 1.39 bits per heavy atom. The lowest BCUT2D eigenvalue weighted by molar-refractivity contribution is 0.0532. The van der Waals surface area contributed by atoms with E-state index in [-0.39, 0.29) is 13.2 Å². The molecule has 5 heteroatoms. The lowest BCUT2D eigenvalue weighted by atomic mass is 10.2. The van der Waals surface area contributed by atoms with Crippen molar-refractivity contribution in [3.05, 3.63) is 23.8 Å². The lowest BCUT2D eigenvalue weighted by Gasteiger charge is -2.15. The van der Waals surface area contributed by atoms with E-state index < -0.39 is 6.10 Å². The second-order valence-corrected chi connectivity index (χ2v) is 3.90. The monoisotopic (exact) mass is 255 g/mol. The highest BCUT2D eigenvalue weighted by Gasteiger charge is 2.08. The Hall–Kier alpha value is -1.30. The Bertz CT molecular complexity index is 357. The van der Waals surface area contributed by atoms with Gasteiger partial charge in [0.1, 0.15) is 24.2 Å². The fourth-order valence-electron chi connectivity index (χ4n) is 1.44. The van der Waals surface area contributed by atoms with Gasteiger partial charge in [-0.1, -0.05) is 13.0 Å². The van der Waals surface area contributed by atoms with Crippen LogP contribution in [0.3, 0.4) is 0 Å². The highest BCUT2D eigenvalue weighted by atomic mass is 16.5. The molecule has 0 saturated carbocycles. The smallest absolute Gasteiger partial charge is 0.127 e. The van der Waals surface area contributed by atoms with Crippen LogP contribution in [0.1, 0.15) is 12.5 Å². The van der Waals surface area contributed by atoms with Gasteiger partial charge in [0, 0.05) is 18.2 Å². The fraction of sp³-hybridized carbons (Fsp3) is 0.538. The van der Waals surface area contributed by atoms with E-state index in [1.54, 1.807) is 13.2 Å². The van der Waals surface area contributed by atoms with Crippen LogP contribution >= 0.6 is 0 Å². The maximum absolute atomic E-state index is 9.29. The molecular weight excluding hydrogens is 234 g/mol. The average molecular weight is 255 g/mol. The van der Waals surface area contributed by atoms with Crippen LogP contribution < -0.4 is 14.8 Å². The van der Waals surface area contributed by atoms with Crippen LogP contribution in [0.4, 0.5) is 0 Å². The van der Waals surface area contributed by atoms with Gasteiger partial charge in [-0.2, -0.15) is 0 Å². The minimum atomic E-state index is -0.872. The number of nitrogens with one attached hydrogen (secondary N) is 1. The summed E-state index contributed by atoms with van der Waals surface area (Å²) in [5.41, 5.74) is 0.989. The SMILES string of the molecule is CCNCc1ccc(OC)cc1OCC(O)CO. The van der Waals surface area contributed by atoms with Crippen LogP contribution in [0.2, 0.25) is 0 Å². The van der Waals surface area contributed by atoms with E-state index in [0.717, 1.165) is 12.1 Å². The Kier molecular flexibility index (Phi) is 6.49. The van der Waals surface area contributed by atoms with Crippen molar-refractivity contribution in [2.45, 2.75) is 19.6 Å². The minimum Gasteiger partial charge on any atom is -0.497 e. The first-order chi connectivity index (χ1) is 8.71. The molecule has 102 valence electrons. The number of rotatable bonds is 8. The Labute approximate surface area is 107 Å². The van der Waals surface area contributed by atoms with E-state index in [0.29, 0.717) is 18.0 Å². The van der Waals surface area contributed by atoms with Crippen LogP contribution in [0, 0.1) is 0 Å². The van der Waals surface area contributed by atoms with Crippen molar-refractivity contribution in [3.8, 4) is 11.5 Å². The van der Waals surface area contributed by atoms with Gasteiger partial charge in [0.25, 0.3) is 0 Å². The second kappa shape index (κ2) is 7.92. The van der Waals surface area contributed by atoms with E-state index in [1.807, 2.05) is 19.1 Å². The van der Waals surface area contributed by atoms with Gasteiger partial charge in [0.15, 0.2) is 0 Å². The van der Waals surface area contributed by atoms with Gasteiger partial charge in [-0.3, -0.25) is 0 Å². The largest absolute Gasteiger partial charge is 0.497 e. The van der Waals surface area contributed by atoms with Crippen LogP contribution in [0.5, 0.6) is 11.5 Å². The molecule has 0 aliphatic rings. The molecule has 1 rings (SSSR count). The van der Waals surface area contributed by atoms with Crippen LogP contribution in [-0.4, -0.2) is 43.2 Å². The molecule has 0 fully saturated rings. The summed E-state index contributed by atoms with van der Waals surface area (Å²) in [6, 6.07) is 5.56. The highest BCUT2D eigenvalue weighted by Crippen LogP contribution is 2.25. The molecule has 0 aromatic heterocycles. The molecule has 0 saturated heterocycles. The topological polar surface area (TPSA) is 71.0 Å². The first-order valence-electron chi connectivity index (χ1n) is 6.00. The molecule has 18 heavy (non-hydrogen) atoms. The first kappa shape index (κ1) is 14.8. The molecule has 0 bridgehead atoms. The van der Waals surface area contributed by atoms with Crippen molar-refractivity contribution in [2.75, 3.05) is 26.9 Å². The molecule has 1 aromatic rings. The molecule has 1 atom stereocenters. The van der Waals surface area contributed by atoms with Crippen molar-refractivity contribution >= 4 is 0 Å². The highest BCUT2D eigenvalue weighted by molar-refractivity contribution is 5.40. The number of hydrogen-bond donors (Lipinski definition) is 3. The average Bonchev–Trinajstić information content (AvgIpc) is 2.42. The molecular formula is C13H21NO4. The van der Waals surface area contributed by atoms with Crippen molar-refractivity contribution in [1.82, 2.24) is 5.32 Å². The normalized spacial score (nSPS) is 12.2. The number of aliphatic hydroxyl groups excluding tert-OH is 2. The molecule has 0 heterocycles. The predicted molar refractivity (Wildman–Crippen MR) is 69.0 cm³/mol. The van der Waals surface area contributed by atoms with Gasteiger partial charge in [-0.15, -0.1) is 0 Å². The molecule has 0 aliphatic carbocycles. The van der Waals surface area contributed by atoms with Gasteiger partial charge in [-0.25, -0.2) is 0 Å². The van der Waals surface area contributed by atoms with Gasteiger partial charge in [0.2, 0.25) is 0 Å². The molecule has 0 aliphatic heterocycles. The summed E-state index contributed by atoms with van der Waals surface area (Å²) >= 11 is 0. The lowest BCUT2D eigenvalue weighted by Crippen LogP contribution is -2.22. The third-order valence-corrected chi connectivity index (χ3v) is 2.48. The molecule has 3 N–H and O–H groups in total. The van der Waals surface area contributed by atoms with Crippen molar-refractivity contribution < 1.29 is 19.7 Å². The summed E-state index contributed by atoms with van der Waals surface area (Å²) in [6.07, 6.45) is -0.872. The summed E-state index contributed by atoms with van der Waals surface area (Å²) in [5, 5.41) is 21.3. The number of aliphatic hydroxyl groups is 2. The quantitative estimate of drug-likeness (QED) is 0.632. The number of benzene rings is 1. The summed E-state index contributed by atoms with van der Waals surface area (Å²) in [4.78, 5) is 0. The van der Waals surface area contributed by atoms with Gasteiger partial charge < -0.3 is 25.0 Å². The van der Waals surface area contributed by atoms with Crippen LogP contribution in [-0.2, 0) is 6.54 Å². The van der Waals surface area contributed by atoms with E-state index in [4.69, 9.17) is 14.6 Å². The van der Waals surface area contributed by atoms with Gasteiger partial charge in [-0.05, 0) is 12.6 Å². The van der Waals surface area contributed by atoms with E-state index in [2.05, 4.69) is 5.32 Å². The van der Waals surface area contributed by atoms with Crippen LogP contribution in [0.25, 0.3) is 0 Å². The Balaban J connectivity index is 2.75. The Morgan fingerprint density at radius 2 is 2.17 bits per heavy atom.